The smallest absolute Gasteiger partial charge is 0.373 e. The third kappa shape index (κ3) is 4.54. The maximum absolute atomic E-state index is 12.8. The van der Waals surface area contributed by atoms with Crippen molar-refractivity contribution < 1.29 is 28.2 Å². The monoisotopic (exact) mass is 318 g/mol. The molecule has 0 fully saturated rings. The van der Waals surface area contributed by atoms with E-state index >= 15 is 0 Å². The van der Waals surface area contributed by atoms with Gasteiger partial charge in [0.05, 0.1) is 12.2 Å². The molecule has 1 N–H and O–H groups in total. The van der Waals surface area contributed by atoms with E-state index in [1.165, 1.54) is 24.5 Å². The molecule has 120 valence electrons. The van der Waals surface area contributed by atoms with Gasteiger partial charge in [-0.05, 0) is 30.7 Å². The molecule has 0 amide bonds. The van der Waals surface area contributed by atoms with Gasteiger partial charge in [0.25, 0.3) is 0 Å². The molecule has 0 aliphatic carbocycles. The summed E-state index contributed by atoms with van der Waals surface area (Å²) in [6.07, 6.45) is 2.40. The first-order chi connectivity index (χ1) is 11.0. The Morgan fingerprint density at radius 1 is 1.30 bits per heavy atom. The number of allylic oxidation sites excluding steroid dienone is 1. The van der Waals surface area contributed by atoms with Gasteiger partial charge in [-0.15, -0.1) is 0 Å². The van der Waals surface area contributed by atoms with E-state index in [0.29, 0.717) is 12.2 Å². The fourth-order valence-electron chi connectivity index (χ4n) is 1.88. The van der Waals surface area contributed by atoms with E-state index in [2.05, 4.69) is 4.74 Å². The Morgan fingerprint density at radius 3 is 2.65 bits per heavy atom. The lowest BCUT2D eigenvalue weighted by atomic mass is 10.1. The Hall–Kier alpha value is -2.89. The molecule has 1 aromatic heterocycles. The van der Waals surface area contributed by atoms with Crippen molar-refractivity contribution in [2.75, 3.05) is 6.61 Å². The van der Waals surface area contributed by atoms with Crippen LogP contribution in [0.1, 0.15) is 28.6 Å². The number of rotatable bonds is 6. The fourth-order valence-corrected chi connectivity index (χ4v) is 1.88. The summed E-state index contributed by atoms with van der Waals surface area (Å²) in [4.78, 5) is 23.2. The van der Waals surface area contributed by atoms with Crippen LogP contribution < -0.4 is 0 Å². The molecule has 1 aromatic carbocycles. The van der Waals surface area contributed by atoms with Gasteiger partial charge >= 0.3 is 5.97 Å². The topological polar surface area (TPSA) is 76.7 Å². The highest BCUT2D eigenvalue weighted by atomic mass is 19.1. The van der Waals surface area contributed by atoms with Gasteiger partial charge in [0.2, 0.25) is 5.76 Å². The summed E-state index contributed by atoms with van der Waals surface area (Å²) in [5.41, 5.74) is 1.02. The summed E-state index contributed by atoms with van der Waals surface area (Å²) in [6, 6.07) is 7.41. The van der Waals surface area contributed by atoms with E-state index in [1.54, 1.807) is 19.1 Å². The number of esters is 1. The third-order valence-corrected chi connectivity index (χ3v) is 2.98. The van der Waals surface area contributed by atoms with Crippen molar-refractivity contribution in [3.05, 3.63) is 71.1 Å². The molecule has 2 aromatic rings. The number of halogens is 1. The molecule has 6 heteroatoms. The van der Waals surface area contributed by atoms with Gasteiger partial charge in [0, 0.05) is 12.5 Å². The van der Waals surface area contributed by atoms with Crippen LogP contribution in [-0.4, -0.2) is 23.5 Å². The second kappa shape index (κ2) is 7.40. The molecule has 23 heavy (non-hydrogen) atoms. The third-order valence-electron chi connectivity index (χ3n) is 2.98. The molecule has 2 rings (SSSR count). The molecule has 0 aliphatic heterocycles. The van der Waals surface area contributed by atoms with E-state index in [9.17, 15) is 19.1 Å². The molecular formula is C17H15FO5. The molecule has 0 spiro atoms. The number of aliphatic hydroxyl groups is 1. The second-order valence-corrected chi connectivity index (χ2v) is 4.72. The average molecular weight is 318 g/mol. The van der Waals surface area contributed by atoms with Crippen LogP contribution in [0.2, 0.25) is 0 Å². The van der Waals surface area contributed by atoms with Crippen LogP contribution in [0.5, 0.6) is 0 Å². The van der Waals surface area contributed by atoms with Crippen molar-refractivity contribution in [3.8, 4) is 0 Å². The van der Waals surface area contributed by atoms with Crippen molar-refractivity contribution in [1.29, 1.82) is 0 Å². The lowest BCUT2D eigenvalue weighted by Gasteiger charge is -1.99. The first-order valence-corrected chi connectivity index (χ1v) is 6.93. The Balaban J connectivity index is 2.06. The largest absolute Gasteiger partial charge is 0.502 e. The Labute approximate surface area is 132 Å². The van der Waals surface area contributed by atoms with Crippen molar-refractivity contribution in [1.82, 2.24) is 0 Å². The highest BCUT2D eigenvalue weighted by molar-refractivity contribution is 6.07. The zero-order valence-corrected chi connectivity index (χ0v) is 12.4. The zero-order valence-electron chi connectivity index (χ0n) is 12.4. The van der Waals surface area contributed by atoms with E-state index < -0.39 is 17.5 Å². The van der Waals surface area contributed by atoms with Gasteiger partial charge in [-0.3, -0.25) is 4.79 Å². The predicted molar refractivity (Wildman–Crippen MR) is 79.6 cm³/mol. The van der Waals surface area contributed by atoms with E-state index in [-0.39, 0.29) is 18.0 Å². The number of ether oxygens (including phenoxy) is 1. The lowest BCUT2D eigenvalue weighted by Crippen LogP contribution is -2.09. The number of aliphatic hydroxyl groups excluding tert-OH is 1. The van der Waals surface area contributed by atoms with Gasteiger partial charge in [-0.1, -0.05) is 12.1 Å². The molecule has 5 nitrogen and oxygen atoms in total. The normalized spacial score (nSPS) is 11.3. The van der Waals surface area contributed by atoms with Gasteiger partial charge in [0.1, 0.15) is 17.8 Å². The minimum Gasteiger partial charge on any atom is -0.502 e. The molecule has 0 radical (unpaired) electrons. The summed E-state index contributed by atoms with van der Waals surface area (Å²) < 4.78 is 22.7. The Kier molecular flexibility index (Phi) is 5.30. The molecule has 0 aliphatic rings. The van der Waals surface area contributed by atoms with Crippen LogP contribution in [0.4, 0.5) is 4.39 Å². The summed E-state index contributed by atoms with van der Waals surface area (Å²) in [5, 5.41) is 9.45. The van der Waals surface area contributed by atoms with Crippen LogP contribution in [0.25, 0.3) is 0 Å². The molecular weight excluding hydrogens is 303 g/mol. The van der Waals surface area contributed by atoms with Gasteiger partial charge in [-0.2, -0.15) is 0 Å². The molecule has 0 saturated heterocycles. The summed E-state index contributed by atoms with van der Waals surface area (Å²) >= 11 is 0. The van der Waals surface area contributed by atoms with E-state index in [0.717, 1.165) is 11.6 Å². The van der Waals surface area contributed by atoms with Crippen molar-refractivity contribution >= 4 is 11.8 Å². The highest BCUT2D eigenvalue weighted by Gasteiger charge is 2.14. The Morgan fingerprint density at radius 2 is 2.00 bits per heavy atom. The van der Waals surface area contributed by atoms with Crippen LogP contribution in [0.15, 0.2) is 52.8 Å². The second-order valence-electron chi connectivity index (χ2n) is 4.72. The van der Waals surface area contributed by atoms with Gasteiger partial charge in [-0.25, -0.2) is 9.18 Å². The van der Waals surface area contributed by atoms with Gasteiger partial charge in [0.15, 0.2) is 5.78 Å². The number of hydrogen-bond donors (Lipinski definition) is 1. The minimum absolute atomic E-state index is 0.0957. The Bertz CT molecular complexity index is 728. The minimum atomic E-state index is -0.962. The standard InChI is InChI=1S/C17H15FO5/c1-2-22-17(21)16(20)9-15(19)12-8-14(23-10-12)7-11-3-5-13(18)6-4-11/h3-6,8-10,20H,2,7H2,1H3/b16-9-. The molecule has 0 saturated carbocycles. The number of carbonyl (C=O) groups excluding carboxylic acids is 2. The van der Waals surface area contributed by atoms with Crippen molar-refractivity contribution in [2.45, 2.75) is 13.3 Å². The van der Waals surface area contributed by atoms with E-state index in [4.69, 9.17) is 4.42 Å². The molecule has 0 bridgehead atoms. The van der Waals surface area contributed by atoms with Crippen LogP contribution in [-0.2, 0) is 16.0 Å². The lowest BCUT2D eigenvalue weighted by molar-refractivity contribution is -0.141. The summed E-state index contributed by atoms with van der Waals surface area (Å²) in [7, 11) is 0. The number of carbonyl (C=O) groups is 2. The zero-order chi connectivity index (χ0) is 16.8. The van der Waals surface area contributed by atoms with Crippen LogP contribution in [0.3, 0.4) is 0 Å². The predicted octanol–water partition coefficient (Wildman–Crippen LogP) is 3.20. The van der Waals surface area contributed by atoms with E-state index in [1.807, 2.05) is 0 Å². The maximum atomic E-state index is 12.8. The van der Waals surface area contributed by atoms with Crippen molar-refractivity contribution in [2.24, 2.45) is 0 Å². The average Bonchev–Trinajstić information content (AvgIpc) is 2.98. The van der Waals surface area contributed by atoms with Crippen molar-refractivity contribution in [3.63, 3.8) is 0 Å². The maximum Gasteiger partial charge on any atom is 0.373 e. The number of furan rings is 1. The SMILES string of the molecule is CCOC(=O)/C(O)=C/C(=O)c1coc(Cc2ccc(F)cc2)c1. The molecule has 1 heterocycles. The molecule has 0 atom stereocenters. The molecule has 0 unspecified atom stereocenters. The fraction of sp³-hybridized carbons (Fsp3) is 0.176. The van der Waals surface area contributed by atoms with Crippen LogP contribution >= 0.6 is 0 Å². The summed E-state index contributed by atoms with van der Waals surface area (Å²) in [5.74, 6) is -2.13. The number of benzene rings is 1. The number of hydrogen-bond acceptors (Lipinski definition) is 5. The first-order valence-electron chi connectivity index (χ1n) is 6.93. The van der Waals surface area contributed by atoms with Crippen LogP contribution in [0, 0.1) is 5.82 Å². The summed E-state index contributed by atoms with van der Waals surface area (Å²) in [6.45, 7) is 1.68. The van der Waals surface area contributed by atoms with Gasteiger partial charge < -0.3 is 14.3 Å². The quantitative estimate of drug-likeness (QED) is 0.383. The first kappa shape index (κ1) is 16.5. The highest BCUT2D eigenvalue weighted by Crippen LogP contribution is 2.15. The number of ketones is 1.